The van der Waals surface area contributed by atoms with E-state index in [4.69, 9.17) is 11.6 Å². The van der Waals surface area contributed by atoms with Gasteiger partial charge in [-0.25, -0.2) is 0 Å². The Morgan fingerprint density at radius 1 is 0.926 bits per heavy atom. The molecule has 0 radical (unpaired) electrons. The zero-order valence-corrected chi connectivity index (χ0v) is 15.9. The van der Waals surface area contributed by atoms with Crippen LogP contribution in [-0.2, 0) is 22.7 Å². The zero-order chi connectivity index (χ0) is 19.1. The number of nitrogens with zero attached hydrogens (tertiary/aromatic N) is 1. The molecule has 2 amide bonds. The van der Waals surface area contributed by atoms with Gasteiger partial charge in [0.15, 0.2) is 0 Å². The molecule has 0 bridgehead atoms. The molecule has 1 aromatic carbocycles. The molecule has 0 aliphatic heterocycles. The van der Waals surface area contributed by atoms with Crippen molar-refractivity contribution in [1.82, 2.24) is 15.6 Å². The van der Waals surface area contributed by atoms with Gasteiger partial charge < -0.3 is 10.6 Å². The Bertz CT molecular complexity index is 774. The molecule has 1 heterocycles. The maximum absolute atomic E-state index is 12.4. The summed E-state index contributed by atoms with van der Waals surface area (Å²) in [6.07, 6.45) is 6.41. The van der Waals surface area contributed by atoms with Gasteiger partial charge in [0.2, 0.25) is 11.8 Å². The second-order valence-electron chi connectivity index (χ2n) is 6.94. The Hall–Kier alpha value is -2.40. The van der Waals surface area contributed by atoms with Gasteiger partial charge in [-0.1, -0.05) is 35.9 Å². The minimum Gasteiger partial charge on any atom is -0.352 e. The highest BCUT2D eigenvalue weighted by atomic mass is 35.5. The van der Waals surface area contributed by atoms with Crippen molar-refractivity contribution in [2.24, 2.45) is 11.8 Å². The van der Waals surface area contributed by atoms with E-state index in [0.717, 1.165) is 36.8 Å². The van der Waals surface area contributed by atoms with Crippen LogP contribution in [0.5, 0.6) is 0 Å². The maximum Gasteiger partial charge on any atom is 0.223 e. The fraction of sp³-hybridized carbons (Fsp3) is 0.381. The van der Waals surface area contributed by atoms with Gasteiger partial charge in [0.05, 0.1) is 0 Å². The van der Waals surface area contributed by atoms with Crippen molar-refractivity contribution in [3.8, 4) is 0 Å². The second kappa shape index (κ2) is 9.51. The minimum absolute atomic E-state index is 0.0192. The molecule has 1 aliphatic rings. The maximum atomic E-state index is 12.4. The topological polar surface area (TPSA) is 71.1 Å². The fourth-order valence-electron chi connectivity index (χ4n) is 3.42. The van der Waals surface area contributed by atoms with Crippen LogP contribution in [0.1, 0.15) is 36.8 Å². The number of halogens is 1. The summed E-state index contributed by atoms with van der Waals surface area (Å²) in [6.45, 7) is 0.926. The first-order valence-corrected chi connectivity index (χ1v) is 9.69. The lowest BCUT2D eigenvalue weighted by molar-refractivity contribution is -0.130. The van der Waals surface area contributed by atoms with Crippen molar-refractivity contribution in [1.29, 1.82) is 0 Å². The summed E-state index contributed by atoms with van der Waals surface area (Å²) in [7, 11) is 0. The molecule has 0 spiro atoms. The zero-order valence-electron chi connectivity index (χ0n) is 15.2. The Morgan fingerprint density at radius 3 is 2.15 bits per heavy atom. The van der Waals surface area contributed by atoms with E-state index in [1.807, 2.05) is 36.4 Å². The summed E-state index contributed by atoms with van der Waals surface area (Å²) in [5.41, 5.74) is 1.90. The van der Waals surface area contributed by atoms with Crippen molar-refractivity contribution >= 4 is 23.4 Å². The Labute approximate surface area is 164 Å². The number of amides is 2. The lowest BCUT2D eigenvalue weighted by Crippen LogP contribution is -2.37. The second-order valence-corrected chi connectivity index (χ2v) is 7.34. The number of benzene rings is 1. The fourth-order valence-corrected chi connectivity index (χ4v) is 3.62. The van der Waals surface area contributed by atoms with E-state index in [-0.39, 0.29) is 23.7 Å². The van der Waals surface area contributed by atoms with Crippen LogP contribution in [0.3, 0.4) is 0 Å². The smallest absolute Gasteiger partial charge is 0.223 e. The molecule has 2 N–H and O–H groups in total. The van der Waals surface area contributed by atoms with Crippen molar-refractivity contribution in [3.63, 3.8) is 0 Å². The summed E-state index contributed by atoms with van der Waals surface area (Å²) in [6, 6.07) is 11.3. The predicted octanol–water partition coefficient (Wildman–Crippen LogP) is 3.47. The minimum atomic E-state index is -0.0325. The van der Waals surface area contributed by atoms with Crippen LogP contribution in [-0.4, -0.2) is 16.8 Å². The SMILES string of the molecule is O=C(NCc1cccnc1)C1CCC(C(=O)NCc2ccccc2Cl)CC1. The number of hydrogen-bond donors (Lipinski definition) is 2. The van der Waals surface area contributed by atoms with E-state index < -0.39 is 0 Å². The molecular formula is C21H24ClN3O2. The van der Waals surface area contributed by atoms with E-state index in [1.54, 1.807) is 12.4 Å². The van der Waals surface area contributed by atoms with Gasteiger partial charge in [0.25, 0.3) is 0 Å². The third-order valence-electron chi connectivity index (χ3n) is 5.07. The summed E-state index contributed by atoms with van der Waals surface area (Å²) in [5, 5.41) is 6.60. The molecule has 3 rings (SSSR count). The van der Waals surface area contributed by atoms with Gasteiger partial charge in [0, 0.05) is 42.3 Å². The van der Waals surface area contributed by atoms with Crippen LogP contribution in [0.2, 0.25) is 5.02 Å². The molecule has 142 valence electrons. The lowest BCUT2D eigenvalue weighted by atomic mass is 9.81. The molecular weight excluding hydrogens is 362 g/mol. The summed E-state index contributed by atoms with van der Waals surface area (Å²) >= 11 is 6.12. The number of carbonyl (C=O) groups is 2. The lowest BCUT2D eigenvalue weighted by Gasteiger charge is -2.27. The van der Waals surface area contributed by atoms with Crippen LogP contribution in [0, 0.1) is 11.8 Å². The predicted molar refractivity (Wildman–Crippen MR) is 105 cm³/mol. The molecule has 1 aliphatic carbocycles. The molecule has 6 heteroatoms. The first-order valence-electron chi connectivity index (χ1n) is 9.31. The Balaban J connectivity index is 1.40. The average Bonchev–Trinajstić information content (AvgIpc) is 2.72. The van der Waals surface area contributed by atoms with Crippen molar-refractivity contribution in [2.75, 3.05) is 0 Å². The molecule has 27 heavy (non-hydrogen) atoms. The van der Waals surface area contributed by atoms with Gasteiger partial charge in [0.1, 0.15) is 0 Å². The van der Waals surface area contributed by atoms with E-state index in [0.29, 0.717) is 18.1 Å². The molecule has 1 aromatic heterocycles. The number of nitrogens with one attached hydrogen (secondary N) is 2. The highest BCUT2D eigenvalue weighted by Crippen LogP contribution is 2.29. The summed E-state index contributed by atoms with van der Waals surface area (Å²) in [4.78, 5) is 28.8. The molecule has 0 saturated heterocycles. The Kier molecular flexibility index (Phi) is 6.82. The largest absolute Gasteiger partial charge is 0.352 e. The van der Waals surface area contributed by atoms with Gasteiger partial charge in [-0.15, -0.1) is 0 Å². The molecule has 2 aromatic rings. The van der Waals surface area contributed by atoms with Gasteiger partial charge in [-0.3, -0.25) is 14.6 Å². The number of pyridine rings is 1. The summed E-state index contributed by atoms with van der Waals surface area (Å²) < 4.78 is 0. The monoisotopic (exact) mass is 385 g/mol. The molecule has 1 fully saturated rings. The highest BCUT2D eigenvalue weighted by Gasteiger charge is 2.29. The highest BCUT2D eigenvalue weighted by molar-refractivity contribution is 6.31. The van der Waals surface area contributed by atoms with Crippen molar-refractivity contribution in [2.45, 2.75) is 38.8 Å². The van der Waals surface area contributed by atoms with Crippen LogP contribution in [0.25, 0.3) is 0 Å². The van der Waals surface area contributed by atoms with Gasteiger partial charge >= 0.3 is 0 Å². The molecule has 0 atom stereocenters. The third kappa shape index (κ3) is 5.54. The number of rotatable bonds is 6. The van der Waals surface area contributed by atoms with Gasteiger partial charge in [-0.05, 0) is 48.9 Å². The van der Waals surface area contributed by atoms with Crippen molar-refractivity contribution < 1.29 is 9.59 Å². The number of hydrogen-bond acceptors (Lipinski definition) is 3. The normalized spacial score (nSPS) is 19.3. The summed E-state index contributed by atoms with van der Waals surface area (Å²) in [5.74, 6) is 0.0575. The Morgan fingerprint density at radius 2 is 1.56 bits per heavy atom. The average molecular weight is 386 g/mol. The van der Waals surface area contributed by atoms with E-state index in [1.165, 1.54) is 0 Å². The van der Waals surface area contributed by atoms with E-state index in [2.05, 4.69) is 15.6 Å². The quantitative estimate of drug-likeness (QED) is 0.799. The third-order valence-corrected chi connectivity index (χ3v) is 5.44. The van der Waals surface area contributed by atoms with E-state index >= 15 is 0 Å². The van der Waals surface area contributed by atoms with Crippen LogP contribution < -0.4 is 10.6 Å². The molecule has 5 nitrogen and oxygen atoms in total. The standard InChI is InChI=1S/C21H24ClN3O2/c22-19-6-2-1-5-18(19)14-25-21(27)17-9-7-16(8-10-17)20(26)24-13-15-4-3-11-23-12-15/h1-6,11-12,16-17H,7-10,13-14H2,(H,24,26)(H,25,27). The molecule has 0 unspecified atom stereocenters. The number of aromatic nitrogens is 1. The first-order chi connectivity index (χ1) is 13.1. The first kappa shape index (κ1) is 19.4. The van der Waals surface area contributed by atoms with Crippen LogP contribution in [0.15, 0.2) is 48.8 Å². The van der Waals surface area contributed by atoms with Gasteiger partial charge in [-0.2, -0.15) is 0 Å². The van der Waals surface area contributed by atoms with E-state index in [9.17, 15) is 9.59 Å². The molecule has 1 saturated carbocycles. The van der Waals surface area contributed by atoms with Crippen LogP contribution >= 0.6 is 11.6 Å². The van der Waals surface area contributed by atoms with Crippen molar-refractivity contribution in [3.05, 3.63) is 64.9 Å². The van der Waals surface area contributed by atoms with Crippen LogP contribution in [0.4, 0.5) is 0 Å². The number of carbonyl (C=O) groups excluding carboxylic acids is 2.